The van der Waals surface area contributed by atoms with Gasteiger partial charge in [-0.15, -0.1) is 0 Å². The summed E-state index contributed by atoms with van der Waals surface area (Å²) in [7, 11) is 0. The Morgan fingerprint density at radius 2 is 2.33 bits per heavy atom. The second-order valence-corrected chi connectivity index (χ2v) is 5.03. The van der Waals surface area contributed by atoms with Crippen molar-refractivity contribution in [3.8, 4) is 0 Å². The number of hydrogen-bond donors (Lipinski definition) is 1. The van der Waals surface area contributed by atoms with Crippen LogP contribution < -0.4 is 5.32 Å². The van der Waals surface area contributed by atoms with Gasteiger partial charge in [-0.3, -0.25) is 10.1 Å². The van der Waals surface area contributed by atoms with Crippen LogP contribution in [0.1, 0.15) is 26.2 Å². The molecule has 1 aliphatic rings. The molecule has 0 aliphatic heterocycles. The van der Waals surface area contributed by atoms with Crippen LogP contribution in [0.4, 0.5) is 11.5 Å². The van der Waals surface area contributed by atoms with Crippen LogP contribution in [0.25, 0.3) is 0 Å². The maximum atomic E-state index is 10.9. The summed E-state index contributed by atoms with van der Waals surface area (Å²) in [5, 5.41) is 13.8. The van der Waals surface area contributed by atoms with Gasteiger partial charge in [0.2, 0.25) is 11.0 Å². The number of anilines is 1. The van der Waals surface area contributed by atoms with Crippen molar-refractivity contribution in [2.75, 3.05) is 11.9 Å². The fourth-order valence-electron chi connectivity index (χ4n) is 2.40. The smallest absolute Gasteiger partial charge is 0.348 e. The first-order chi connectivity index (χ1) is 8.59. The first-order valence-electron chi connectivity index (χ1n) is 5.98. The Hall–Kier alpha value is -1.43. The minimum absolute atomic E-state index is 0.128. The van der Waals surface area contributed by atoms with Gasteiger partial charge in [0, 0.05) is 6.54 Å². The van der Waals surface area contributed by atoms with E-state index in [0.717, 1.165) is 6.42 Å². The van der Waals surface area contributed by atoms with Gasteiger partial charge in [0.25, 0.3) is 0 Å². The summed E-state index contributed by atoms with van der Waals surface area (Å²) >= 11 is 5.72. The maximum absolute atomic E-state index is 10.9. The summed E-state index contributed by atoms with van der Waals surface area (Å²) < 4.78 is 0. The predicted molar refractivity (Wildman–Crippen MR) is 68.7 cm³/mol. The average Bonchev–Trinajstić information content (AvgIpc) is 2.71. The lowest BCUT2D eigenvalue weighted by molar-refractivity contribution is -0.384. The highest BCUT2D eigenvalue weighted by Gasteiger charge is 2.26. The van der Waals surface area contributed by atoms with Crippen LogP contribution in [-0.4, -0.2) is 21.4 Å². The molecule has 1 N–H and O–H groups in total. The molecule has 0 amide bonds. The van der Waals surface area contributed by atoms with E-state index in [9.17, 15) is 10.1 Å². The van der Waals surface area contributed by atoms with Crippen molar-refractivity contribution in [1.82, 2.24) is 9.97 Å². The largest absolute Gasteiger partial charge is 0.364 e. The first kappa shape index (κ1) is 13.0. The normalized spacial score (nSPS) is 23.0. The summed E-state index contributed by atoms with van der Waals surface area (Å²) in [4.78, 5) is 17.9. The minimum atomic E-state index is -0.553. The third kappa shape index (κ3) is 2.69. The van der Waals surface area contributed by atoms with Crippen molar-refractivity contribution in [3.63, 3.8) is 0 Å². The summed E-state index contributed by atoms with van der Waals surface area (Å²) in [6.07, 6.45) is 4.83. The molecule has 2 rings (SSSR count). The summed E-state index contributed by atoms with van der Waals surface area (Å²) in [5.74, 6) is 1.39. The van der Waals surface area contributed by atoms with E-state index in [1.54, 1.807) is 0 Å². The van der Waals surface area contributed by atoms with Gasteiger partial charge in [0.05, 0.1) is 4.92 Å². The molecule has 1 fully saturated rings. The molecular formula is C11H15ClN4O2. The van der Waals surface area contributed by atoms with Crippen LogP contribution in [0.2, 0.25) is 5.15 Å². The third-order valence-electron chi connectivity index (χ3n) is 3.53. The quantitative estimate of drug-likeness (QED) is 0.517. The first-order valence-corrected chi connectivity index (χ1v) is 6.36. The number of hydrogen-bond acceptors (Lipinski definition) is 5. The van der Waals surface area contributed by atoms with E-state index in [4.69, 9.17) is 11.6 Å². The van der Waals surface area contributed by atoms with Crippen LogP contribution in [0.3, 0.4) is 0 Å². The molecule has 0 radical (unpaired) electrons. The van der Waals surface area contributed by atoms with Crippen molar-refractivity contribution in [2.45, 2.75) is 26.2 Å². The highest BCUT2D eigenvalue weighted by molar-refractivity contribution is 6.31. The van der Waals surface area contributed by atoms with E-state index < -0.39 is 4.92 Å². The molecule has 2 unspecified atom stereocenters. The zero-order chi connectivity index (χ0) is 13.1. The van der Waals surface area contributed by atoms with E-state index in [1.165, 1.54) is 19.2 Å². The summed E-state index contributed by atoms with van der Waals surface area (Å²) in [6, 6.07) is 0. The molecular weight excluding hydrogens is 256 g/mol. The van der Waals surface area contributed by atoms with E-state index in [0.29, 0.717) is 18.4 Å². The van der Waals surface area contributed by atoms with Gasteiger partial charge in [0.15, 0.2) is 0 Å². The zero-order valence-electron chi connectivity index (χ0n) is 10.1. The van der Waals surface area contributed by atoms with E-state index in [2.05, 4.69) is 22.2 Å². The molecule has 1 heterocycles. The standard InChI is InChI=1S/C11H15ClN4O2/c1-7-3-2-4-8(7)5-13-11-9(16(17)18)10(12)14-6-15-11/h6-8H,2-5H2,1H3,(H,13,14,15). The molecule has 0 saturated heterocycles. The number of nitro groups is 1. The summed E-state index contributed by atoms with van der Waals surface area (Å²) in [5.41, 5.74) is -0.246. The number of nitrogens with zero attached hydrogens (tertiary/aromatic N) is 3. The second-order valence-electron chi connectivity index (χ2n) is 4.67. The molecule has 1 aliphatic carbocycles. The van der Waals surface area contributed by atoms with Crippen LogP contribution in [0.5, 0.6) is 0 Å². The van der Waals surface area contributed by atoms with E-state index >= 15 is 0 Å². The Labute approximate surface area is 110 Å². The molecule has 98 valence electrons. The second kappa shape index (κ2) is 5.48. The zero-order valence-corrected chi connectivity index (χ0v) is 10.9. The molecule has 7 heteroatoms. The van der Waals surface area contributed by atoms with Crippen LogP contribution in [0, 0.1) is 22.0 Å². The lowest BCUT2D eigenvalue weighted by atomic mass is 9.98. The third-order valence-corrected chi connectivity index (χ3v) is 3.81. The lowest BCUT2D eigenvalue weighted by Gasteiger charge is -2.16. The fourth-order valence-corrected chi connectivity index (χ4v) is 2.60. The number of rotatable bonds is 4. The Morgan fingerprint density at radius 1 is 1.56 bits per heavy atom. The van der Waals surface area contributed by atoms with Gasteiger partial charge in [-0.2, -0.15) is 0 Å². The Balaban J connectivity index is 2.09. The van der Waals surface area contributed by atoms with Gasteiger partial charge in [-0.25, -0.2) is 9.97 Å². The van der Waals surface area contributed by atoms with Crippen molar-refractivity contribution < 1.29 is 4.92 Å². The number of aromatic nitrogens is 2. The van der Waals surface area contributed by atoms with Gasteiger partial charge in [-0.1, -0.05) is 31.4 Å². The number of halogens is 1. The molecule has 1 saturated carbocycles. The molecule has 18 heavy (non-hydrogen) atoms. The van der Waals surface area contributed by atoms with Crippen LogP contribution in [-0.2, 0) is 0 Å². The van der Waals surface area contributed by atoms with Gasteiger partial charge < -0.3 is 5.32 Å². The van der Waals surface area contributed by atoms with Crippen LogP contribution >= 0.6 is 11.6 Å². The van der Waals surface area contributed by atoms with Crippen molar-refractivity contribution in [2.24, 2.45) is 11.8 Å². The van der Waals surface area contributed by atoms with Gasteiger partial charge >= 0.3 is 5.69 Å². The van der Waals surface area contributed by atoms with Crippen molar-refractivity contribution in [3.05, 3.63) is 21.6 Å². The molecule has 2 atom stereocenters. The van der Waals surface area contributed by atoms with Crippen molar-refractivity contribution in [1.29, 1.82) is 0 Å². The predicted octanol–water partition coefficient (Wildman–Crippen LogP) is 2.89. The Kier molecular flexibility index (Phi) is 3.96. The molecule has 0 aromatic carbocycles. The average molecular weight is 271 g/mol. The van der Waals surface area contributed by atoms with E-state index in [1.807, 2.05) is 0 Å². The molecule has 0 spiro atoms. The van der Waals surface area contributed by atoms with Gasteiger partial charge in [-0.05, 0) is 18.3 Å². The SMILES string of the molecule is CC1CCCC1CNc1ncnc(Cl)c1[N+](=O)[O-]. The monoisotopic (exact) mass is 270 g/mol. The van der Waals surface area contributed by atoms with Gasteiger partial charge in [0.1, 0.15) is 6.33 Å². The van der Waals surface area contributed by atoms with Crippen molar-refractivity contribution >= 4 is 23.1 Å². The minimum Gasteiger partial charge on any atom is -0.364 e. The van der Waals surface area contributed by atoms with E-state index in [-0.39, 0.29) is 16.7 Å². The lowest BCUT2D eigenvalue weighted by Crippen LogP contribution is -2.18. The van der Waals surface area contributed by atoms with Crippen LogP contribution in [0.15, 0.2) is 6.33 Å². The maximum Gasteiger partial charge on any atom is 0.348 e. The topological polar surface area (TPSA) is 81.0 Å². The summed E-state index contributed by atoms with van der Waals surface area (Å²) in [6.45, 7) is 2.90. The number of nitrogens with one attached hydrogen (secondary N) is 1. The highest BCUT2D eigenvalue weighted by atomic mass is 35.5. The Bertz CT molecular complexity index is 455. The molecule has 1 aromatic heterocycles. The molecule has 0 bridgehead atoms. The fraction of sp³-hybridized carbons (Fsp3) is 0.636. The molecule has 6 nitrogen and oxygen atoms in total. The molecule has 1 aromatic rings. The Morgan fingerprint density at radius 3 is 2.94 bits per heavy atom. The highest BCUT2D eigenvalue weighted by Crippen LogP contribution is 2.33.